The Bertz CT molecular complexity index is 876. The Labute approximate surface area is 175 Å². The Morgan fingerprint density at radius 1 is 0.966 bits per heavy atom. The Hall–Kier alpha value is -2.07. The summed E-state index contributed by atoms with van der Waals surface area (Å²) < 4.78 is 0. The van der Waals surface area contributed by atoms with Gasteiger partial charge in [0.25, 0.3) is 5.91 Å². The van der Waals surface area contributed by atoms with Gasteiger partial charge >= 0.3 is 0 Å². The molecular weight excluding hydrogens is 358 g/mol. The largest absolute Gasteiger partial charge is 0.370 e. The van der Waals surface area contributed by atoms with E-state index in [4.69, 9.17) is 0 Å². The van der Waals surface area contributed by atoms with Gasteiger partial charge in [-0.25, -0.2) is 0 Å². The van der Waals surface area contributed by atoms with Crippen molar-refractivity contribution in [1.82, 2.24) is 4.90 Å². The quantitative estimate of drug-likeness (QED) is 0.650. The van der Waals surface area contributed by atoms with Crippen LogP contribution in [0.2, 0.25) is 0 Å². The lowest BCUT2D eigenvalue weighted by Crippen LogP contribution is -2.31. The fourth-order valence-electron chi connectivity index (χ4n) is 4.72. The van der Waals surface area contributed by atoms with Crippen LogP contribution in [0.25, 0.3) is 10.8 Å². The van der Waals surface area contributed by atoms with Crippen LogP contribution in [0.1, 0.15) is 56.8 Å². The molecule has 4 nitrogen and oxygen atoms in total. The molecule has 1 fully saturated rings. The fraction of sp³-hybridized carbons (Fsp3) is 0.560. The van der Waals surface area contributed by atoms with Crippen LogP contribution >= 0.6 is 0 Å². The number of rotatable bonds is 7. The third-order valence-corrected chi connectivity index (χ3v) is 6.45. The van der Waals surface area contributed by atoms with Gasteiger partial charge in [-0.05, 0) is 56.5 Å². The van der Waals surface area contributed by atoms with Crippen LogP contribution in [-0.2, 0) is 0 Å². The molecule has 2 heterocycles. The van der Waals surface area contributed by atoms with Gasteiger partial charge in [-0.15, -0.1) is 0 Å². The van der Waals surface area contributed by atoms with Crippen LogP contribution in [0.5, 0.6) is 0 Å². The molecule has 2 aromatic rings. The number of hydrogen-bond donors (Lipinski definition) is 0. The van der Waals surface area contributed by atoms with Crippen LogP contribution in [0, 0.1) is 5.92 Å². The molecule has 2 aliphatic heterocycles. The highest BCUT2D eigenvalue weighted by molar-refractivity contribution is 6.26. The van der Waals surface area contributed by atoms with Crippen molar-refractivity contribution in [3.05, 3.63) is 35.9 Å². The molecular formula is C25H35N3O. The lowest BCUT2D eigenvalue weighted by atomic mass is 10.0. The number of benzene rings is 2. The van der Waals surface area contributed by atoms with Gasteiger partial charge in [0.2, 0.25) is 0 Å². The molecule has 1 amide bonds. The van der Waals surface area contributed by atoms with E-state index in [0.29, 0.717) is 0 Å². The second kappa shape index (κ2) is 8.74. The van der Waals surface area contributed by atoms with Gasteiger partial charge in [-0.3, -0.25) is 4.79 Å². The fourth-order valence-corrected chi connectivity index (χ4v) is 4.72. The van der Waals surface area contributed by atoms with Crippen molar-refractivity contribution in [3.8, 4) is 0 Å². The summed E-state index contributed by atoms with van der Waals surface area (Å²) in [7, 11) is 0. The van der Waals surface area contributed by atoms with Crippen LogP contribution in [0.4, 0.5) is 11.4 Å². The molecule has 0 N–H and O–H groups in total. The first kappa shape index (κ1) is 20.2. The minimum absolute atomic E-state index is 0.173. The van der Waals surface area contributed by atoms with Crippen molar-refractivity contribution < 1.29 is 4.79 Å². The maximum absolute atomic E-state index is 13.0. The molecule has 29 heavy (non-hydrogen) atoms. The zero-order chi connectivity index (χ0) is 20.4. The highest BCUT2D eigenvalue weighted by Crippen LogP contribution is 2.41. The van der Waals surface area contributed by atoms with Gasteiger partial charge in [-0.1, -0.05) is 39.3 Å². The molecule has 0 radical (unpaired) electrons. The second-order valence-corrected chi connectivity index (χ2v) is 9.01. The first-order chi connectivity index (χ1) is 14.1. The minimum Gasteiger partial charge on any atom is -0.370 e. The highest BCUT2D eigenvalue weighted by Gasteiger charge is 2.30. The number of hydrogen-bond acceptors (Lipinski definition) is 3. The van der Waals surface area contributed by atoms with Crippen LogP contribution in [0.15, 0.2) is 30.3 Å². The lowest BCUT2D eigenvalue weighted by molar-refractivity contribution is 0.0993. The smallest absolute Gasteiger partial charge is 0.258 e. The summed E-state index contributed by atoms with van der Waals surface area (Å²) >= 11 is 0. The van der Waals surface area contributed by atoms with Crippen molar-refractivity contribution in [2.75, 3.05) is 49.1 Å². The SMILES string of the molecule is CCCCN1C(=O)c2cccc3c(N4CCCN(CCC(C)C)CC4)ccc1c23. The van der Waals surface area contributed by atoms with Crippen molar-refractivity contribution in [1.29, 1.82) is 0 Å². The maximum atomic E-state index is 13.0. The number of nitrogens with zero attached hydrogens (tertiary/aromatic N) is 3. The summed E-state index contributed by atoms with van der Waals surface area (Å²) in [5, 5.41) is 2.40. The zero-order valence-corrected chi connectivity index (χ0v) is 18.3. The topological polar surface area (TPSA) is 26.8 Å². The zero-order valence-electron chi connectivity index (χ0n) is 18.3. The molecule has 1 saturated heterocycles. The van der Waals surface area contributed by atoms with Gasteiger partial charge in [0.05, 0.1) is 5.69 Å². The summed E-state index contributed by atoms with van der Waals surface area (Å²) in [6.45, 7) is 13.3. The van der Waals surface area contributed by atoms with Crippen molar-refractivity contribution in [3.63, 3.8) is 0 Å². The van der Waals surface area contributed by atoms with E-state index in [-0.39, 0.29) is 5.91 Å². The Kier molecular flexibility index (Phi) is 6.09. The summed E-state index contributed by atoms with van der Waals surface area (Å²) in [4.78, 5) is 20.1. The first-order valence-corrected chi connectivity index (χ1v) is 11.4. The number of amides is 1. The highest BCUT2D eigenvalue weighted by atomic mass is 16.2. The van der Waals surface area contributed by atoms with Crippen LogP contribution in [0.3, 0.4) is 0 Å². The van der Waals surface area contributed by atoms with E-state index in [0.717, 1.165) is 61.6 Å². The molecule has 2 aromatic carbocycles. The maximum Gasteiger partial charge on any atom is 0.258 e. The predicted molar refractivity (Wildman–Crippen MR) is 123 cm³/mol. The standard InChI is InChI=1S/C25H35N3O/c1-4-5-15-28-23-11-10-22(20-8-6-9-21(24(20)23)25(28)29)27-14-7-13-26(17-18-27)16-12-19(2)3/h6,8-11,19H,4-5,7,12-18H2,1-3H3. The van der Waals surface area contributed by atoms with E-state index in [1.807, 2.05) is 11.0 Å². The molecule has 0 bridgehead atoms. The van der Waals surface area contributed by atoms with Crippen LogP contribution < -0.4 is 9.80 Å². The molecule has 2 aliphatic rings. The van der Waals surface area contributed by atoms with E-state index in [9.17, 15) is 4.79 Å². The summed E-state index contributed by atoms with van der Waals surface area (Å²) in [5.41, 5.74) is 3.27. The van der Waals surface area contributed by atoms with Crippen LogP contribution in [-0.4, -0.2) is 50.1 Å². The lowest BCUT2D eigenvalue weighted by Gasteiger charge is -2.26. The molecule has 0 saturated carbocycles. The summed E-state index contributed by atoms with van der Waals surface area (Å²) in [5.74, 6) is 0.936. The summed E-state index contributed by atoms with van der Waals surface area (Å²) in [6, 6.07) is 10.7. The normalized spacial score (nSPS) is 17.6. The van der Waals surface area contributed by atoms with Gasteiger partial charge < -0.3 is 14.7 Å². The van der Waals surface area contributed by atoms with Gasteiger partial charge in [0.15, 0.2) is 0 Å². The molecule has 0 unspecified atom stereocenters. The second-order valence-electron chi connectivity index (χ2n) is 9.01. The van der Waals surface area contributed by atoms with Gasteiger partial charge in [-0.2, -0.15) is 0 Å². The Morgan fingerprint density at radius 3 is 2.59 bits per heavy atom. The molecule has 0 aliphatic carbocycles. The van der Waals surface area contributed by atoms with E-state index in [1.54, 1.807) is 0 Å². The van der Waals surface area contributed by atoms with E-state index in [2.05, 4.69) is 54.8 Å². The van der Waals surface area contributed by atoms with Crippen molar-refractivity contribution in [2.45, 2.75) is 46.5 Å². The number of anilines is 2. The van der Waals surface area contributed by atoms with Gasteiger partial charge in [0.1, 0.15) is 0 Å². The molecule has 4 rings (SSSR count). The molecule has 0 spiro atoms. The van der Waals surface area contributed by atoms with E-state index < -0.39 is 0 Å². The Morgan fingerprint density at radius 2 is 1.79 bits per heavy atom. The average Bonchev–Trinajstić information content (AvgIpc) is 2.87. The Balaban J connectivity index is 1.60. The van der Waals surface area contributed by atoms with Crippen molar-refractivity contribution >= 4 is 28.1 Å². The average molecular weight is 394 g/mol. The summed E-state index contributed by atoms with van der Waals surface area (Å²) in [6.07, 6.45) is 4.61. The number of carbonyl (C=O) groups excluding carboxylic acids is 1. The first-order valence-electron chi connectivity index (χ1n) is 11.4. The third-order valence-electron chi connectivity index (χ3n) is 6.45. The minimum atomic E-state index is 0.173. The monoisotopic (exact) mass is 393 g/mol. The third kappa shape index (κ3) is 4.00. The molecule has 156 valence electrons. The number of unbranched alkanes of at least 4 members (excludes halogenated alkanes) is 1. The molecule has 0 atom stereocenters. The predicted octanol–water partition coefficient (Wildman–Crippen LogP) is 5.16. The van der Waals surface area contributed by atoms with E-state index >= 15 is 0 Å². The molecule has 4 heteroatoms. The van der Waals surface area contributed by atoms with E-state index in [1.165, 1.54) is 37.0 Å². The van der Waals surface area contributed by atoms with Gasteiger partial charge in [0, 0.05) is 48.2 Å². The molecule has 0 aromatic heterocycles. The number of carbonyl (C=O) groups is 1. The van der Waals surface area contributed by atoms with Crippen molar-refractivity contribution in [2.24, 2.45) is 5.92 Å².